The third kappa shape index (κ3) is 5.89. The minimum atomic E-state index is -4.44. The normalized spacial score (nSPS) is 21.6. The van der Waals surface area contributed by atoms with Crippen molar-refractivity contribution >= 4 is 13.9 Å². The Balaban J connectivity index is 1.75. The van der Waals surface area contributed by atoms with E-state index >= 15 is 0 Å². The van der Waals surface area contributed by atoms with Crippen LogP contribution in [0.4, 0.5) is 13.2 Å². The summed E-state index contributed by atoms with van der Waals surface area (Å²) in [5.41, 5.74) is 5.64. The molecule has 0 amide bonds. The van der Waals surface area contributed by atoms with Gasteiger partial charge in [0.25, 0.3) is 0 Å². The first kappa shape index (κ1) is 31.4. The van der Waals surface area contributed by atoms with Gasteiger partial charge in [-0.15, -0.1) is 0 Å². The Hall–Kier alpha value is -2.00. The van der Waals surface area contributed by atoms with Crippen molar-refractivity contribution in [1.82, 2.24) is 4.98 Å². The summed E-state index contributed by atoms with van der Waals surface area (Å²) in [5.74, 6) is 0.00705. The fraction of sp³-hybridized carbons (Fsp3) is 0.618. The highest BCUT2D eigenvalue weighted by Gasteiger charge is 2.49. The van der Waals surface area contributed by atoms with Crippen LogP contribution in [-0.2, 0) is 21.8 Å². The van der Waals surface area contributed by atoms with Crippen LogP contribution in [-0.4, -0.2) is 31.6 Å². The van der Waals surface area contributed by atoms with Crippen LogP contribution in [0.5, 0.6) is 0 Å². The van der Waals surface area contributed by atoms with Gasteiger partial charge < -0.3 is 14.3 Å². The number of aliphatic hydroxyl groups excluding tert-OH is 1. The van der Waals surface area contributed by atoms with Gasteiger partial charge in [0.15, 0.2) is 8.32 Å². The van der Waals surface area contributed by atoms with Crippen LogP contribution >= 0.6 is 0 Å². The first-order chi connectivity index (χ1) is 19.5. The maximum absolute atomic E-state index is 13.4. The van der Waals surface area contributed by atoms with Gasteiger partial charge in [0.1, 0.15) is 6.10 Å². The molecule has 8 heteroatoms. The Morgan fingerprint density at radius 2 is 1.76 bits per heavy atom. The van der Waals surface area contributed by atoms with Crippen molar-refractivity contribution in [2.75, 3.05) is 13.2 Å². The van der Waals surface area contributed by atoms with Crippen molar-refractivity contribution in [3.63, 3.8) is 0 Å². The van der Waals surface area contributed by atoms with Crippen molar-refractivity contribution in [2.24, 2.45) is 5.41 Å². The zero-order valence-electron chi connectivity index (χ0n) is 26.1. The lowest BCUT2D eigenvalue weighted by Gasteiger charge is -2.51. The van der Waals surface area contributed by atoms with Crippen LogP contribution < -0.4 is 0 Å². The number of pyridine rings is 1. The minimum absolute atomic E-state index is 0.00705. The van der Waals surface area contributed by atoms with Crippen LogP contribution in [0, 0.1) is 5.41 Å². The van der Waals surface area contributed by atoms with Gasteiger partial charge >= 0.3 is 6.18 Å². The molecule has 1 N–H and O–H groups in total. The molecule has 0 bridgehead atoms. The van der Waals surface area contributed by atoms with Crippen molar-refractivity contribution in [3.8, 4) is 0 Å². The van der Waals surface area contributed by atoms with Crippen LogP contribution in [0.2, 0.25) is 18.1 Å². The van der Waals surface area contributed by atoms with E-state index in [4.69, 9.17) is 14.1 Å². The van der Waals surface area contributed by atoms with Gasteiger partial charge in [-0.05, 0) is 90.4 Å². The number of rotatable bonds is 6. The summed E-state index contributed by atoms with van der Waals surface area (Å²) >= 11 is 0. The molecule has 5 rings (SSSR count). The number of hydrogen-bond acceptors (Lipinski definition) is 4. The Morgan fingerprint density at radius 3 is 2.26 bits per heavy atom. The summed E-state index contributed by atoms with van der Waals surface area (Å²) in [7, 11) is -2.19. The van der Waals surface area contributed by atoms with E-state index in [1.807, 2.05) is 0 Å². The molecular weight excluding hydrogens is 555 g/mol. The minimum Gasteiger partial charge on any atom is -0.410 e. The van der Waals surface area contributed by atoms with E-state index in [-0.39, 0.29) is 22.5 Å². The predicted octanol–water partition coefficient (Wildman–Crippen LogP) is 9.29. The number of aromatic nitrogens is 1. The molecule has 1 saturated carbocycles. The Labute approximate surface area is 249 Å². The van der Waals surface area contributed by atoms with Crippen LogP contribution in [0.3, 0.4) is 0 Å². The summed E-state index contributed by atoms with van der Waals surface area (Å²) in [6.45, 7) is 16.5. The second-order valence-electron chi connectivity index (χ2n) is 14.5. The summed E-state index contributed by atoms with van der Waals surface area (Å²) in [6.07, 6.45) is 2.46. The van der Waals surface area contributed by atoms with E-state index in [1.165, 1.54) is 31.4 Å². The molecule has 2 heterocycles. The number of aliphatic hydroxyl groups is 1. The number of fused-ring (bicyclic) bond motifs is 1. The highest BCUT2D eigenvalue weighted by molar-refractivity contribution is 6.74. The lowest BCUT2D eigenvalue weighted by molar-refractivity contribution is -0.137. The largest absolute Gasteiger partial charge is 0.416 e. The summed E-state index contributed by atoms with van der Waals surface area (Å²) in [6, 6.07) is 4.89. The molecule has 2 aromatic rings. The van der Waals surface area contributed by atoms with E-state index < -0.39 is 26.2 Å². The average molecular weight is 602 g/mol. The van der Waals surface area contributed by atoms with Crippen LogP contribution in [0.25, 0.3) is 5.57 Å². The highest BCUT2D eigenvalue weighted by atomic mass is 28.4. The molecule has 4 nitrogen and oxygen atoms in total. The van der Waals surface area contributed by atoms with Crippen LogP contribution in [0.15, 0.2) is 30.3 Å². The Kier molecular flexibility index (Phi) is 8.36. The monoisotopic (exact) mass is 601 g/mol. The Morgan fingerprint density at radius 1 is 1.10 bits per heavy atom. The second kappa shape index (κ2) is 11.2. The summed E-state index contributed by atoms with van der Waals surface area (Å²) < 4.78 is 53.1. The molecule has 3 aliphatic rings. The summed E-state index contributed by atoms with van der Waals surface area (Å²) in [5, 5.41) is 12.0. The molecular formula is C34H46F3NO3Si. The first-order valence-corrected chi connectivity index (χ1v) is 18.3. The smallest absolute Gasteiger partial charge is 0.410 e. The van der Waals surface area contributed by atoms with E-state index in [2.05, 4.69) is 53.8 Å². The van der Waals surface area contributed by atoms with E-state index in [0.29, 0.717) is 30.8 Å². The number of nitrogens with zero attached hydrogens (tertiary/aromatic N) is 1. The second-order valence-corrected chi connectivity index (χ2v) is 19.2. The molecule has 2 atom stereocenters. The molecule has 42 heavy (non-hydrogen) atoms. The highest BCUT2D eigenvalue weighted by Crippen LogP contribution is 2.57. The molecule has 0 radical (unpaired) electrons. The van der Waals surface area contributed by atoms with Gasteiger partial charge in [-0.2, -0.15) is 13.2 Å². The van der Waals surface area contributed by atoms with Gasteiger partial charge in [0.05, 0.1) is 24.9 Å². The third-order valence-electron chi connectivity index (χ3n) is 10.2. The topological polar surface area (TPSA) is 51.6 Å². The van der Waals surface area contributed by atoms with Crippen molar-refractivity contribution in [2.45, 2.75) is 116 Å². The van der Waals surface area contributed by atoms with Crippen molar-refractivity contribution in [1.29, 1.82) is 0 Å². The standard InChI is InChI=1S/C34H46F3NO3Si/c1-21(2)30-29(31(39)23-9-11-24(12-10-23)34(35,36)37)27(22-13-17-40-18-14-22)28-25(38-30)19-33(15-8-16-33)20-26(28)41-42(6,7)32(3,4)5/h9-13,21,26,31,39H,8,14-20H2,1-7H3/t26-,31?/m0/s1. The van der Waals surface area contributed by atoms with Crippen molar-refractivity contribution < 1.29 is 27.4 Å². The molecule has 1 aromatic carbocycles. The Bertz CT molecular complexity index is 1340. The third-order valence-corrected chi connectivity index (χ3v) is 14.7. The van der Waals surface area contributed by atoms with E-state index in [9.17, 15) is 18.3 Å². The molecule has 0 saturated heterocycles. The van der Waals surface area contributed by atoms with Gasteiger partial charge in [-0.1, -0.05) is 59.2 Å². The van der Waals surface area contributed by atoms with Crippen LogP contribution in [0.1, 0.15) is 124 Å². The summed E-state index contributed by atoms with van der Waals surface area (Å²) in [4.78, 5) is 5.33. The fourth-order valence-corrected chi connectivity index (χ4v) is 7.88. The van der Waals surface area contributed by atoms with E-state index in [1.54, 1.807) is 0 Å². The van der Waals surface area contributed by atoms with Gasteiger partial charge in [0.2, 0.25) is 0 Å². The zero-order valence-corrected chi connectivity index (χ0v) is 27.1. The molecule has 230 valence electrons. The molecule has 1 fully saturated rings. The number of ether oxygens (including phenoxy) is 1. The van der Waals surface area contributed by atoms with Crippen molar-refractivity contribution in [3.05, 3.63) is 69.5 Å². The lowest BCUT2D eigenvalue weighted by atomic mass is 9.59. The maximum atomic E-state index is 13.4. The first-order valence-electron chi connectivity index (χ1n) is 15.4. The van der Waals surface area contributed by atoms with Gasteiger partial charge in [0, 0.05) is 22.5 Å². The van der Waals surface area contributed by atoms with E-state index in [0.717, 1.165) is 53.1 Å². The molecule has 1 unspecified atom stereocenters. The number of halogens is 3. The fourth-order valence-electron chi connectivity index (χ4n) is 6.62. The average Bonchev–Trinajstić information content (AvgIpc) is 2.89. The molecule has 2 aliphatic carbocycles. The molecule has 1 spiro atoms. The predicted molar refractivity (Wildman–Crippen MR) is 163 cm³/mol. The van der Waals surface area contributed by atoms with Gasteiger partial charge in [-0.3, -0.25) is 4.98 Å². The SMILES string of the molecule is CC(C)c1nc2c(c(C3=CCOCC3)c1C(O)c1ccc(C(F)(F)F)cc1)[C@@H](O[Si](C)(C)C(C)(C)C)CC1(CCC1)C2. The molecule has 1 aromatic heterocycles. The number of hydrogen-bond donors (Lipinski definition) is 1. The lowest BCUT2D eigenvalue weighted by Crippen LogP contribution is -2.46. The number of alkyl halides is 3. The number of benzene rings is 1. The maximum Gasteiger partial charge on any atom is 0.416 e. The quantitative estimate of drug-likeness (QED) is 0.335. The van der Waals surface area contributed by atoms with Gasteiger partial charge in [-0.25, -0.2) is 0 Å². The zero-order chi connectivity index (χ0) is 30.7. The molecule has 1 aliphatic heterocycles.